The summed E-state index contributed by atoms with van der Waals surface area (Å²) in [5.74, 6) is 0.177. The van der Waals surface area contributed by atoms with E-state index in [0.717, 1.165) is 59.6 Å². The Kier molecular flexibility index (Phi) is 9.23. The number of esters is 1. The van der Waals surface area contributed by atoms with Gasteiger partial charge in [0.25, 0.3) is 0 Å². The SMILES string of the molecule is CC(C)OC(=O)Cc1cnc(CO)c(-c2ccc(OCCc3ccc(F)cc3)cc2)c1N1CCC(C)(C)CC1. The Morgan fingerprint density at radius 2 is 1.74 bits per heavy atom. The smallest absolute Gasteiger partial charge is 0.310 e. The summed E-state index contributed by atoms with van der Waals surface area (Å²) in [4.78, 5) is 19.6. The summed E-state index contributed by atoms with van der Waals surface area (Å²) in [5, 5.41) is 10.3. The molecule has 2 aromatic carbocycles. The van der Waals surface area contributed by atoms with E-state index in [1.807, 2.05) is 38.1 Å². The number of benzene rings is 2. The number of aliphatic hydroxyl groups excluding tert-OH is 1. The molecule has 0 saturated carbocycles. The number of carbonyl (C=O) groups is 1. The van der Waals surface area contributed by atoms with E-state index in [1.165, 1.54) is 12.1 Å². The van der Waals surface area contributed by atoms with Gasteiger partial charge in [-0.25, -0.2) is 4.39 Å². The number of aromatic nitrogens is 1. The second kappa shape index (κ2) is 12.6. The third-order valence-corrected chi connectivity index (χ3v) is 7.21. The lowest BCUT2D eigenvalue weighted by Gasteiger charge is -2.40. The first-order valence-electron chi connectivity index (χ1n) is 13.7. The van der Waals surface area contributed by atoms with Gasteiger partial charge in [-0.05, 0) is 67.5 Å². The average molecular weight is 535 g/mol. The molecule has 0 amide bonds. The molecule has 1 aliphatic heterocycles. The summed E-state index contributed by atoms with van der Waals surface area (Å²) in [6.07, 6.45) is 4.35. The Balaban J connectivity index is 1.62. The molecule has 1 aliphatic rings. The van der Waals surface area contributed by atoms with Crippen LogP contribution in [0, 0.1) is 11.2 Å². The highest BCUT2D eigenvalue weighted by Crippen LogP contribution is 2.41. The van der Waals surface area contributed by atoms with Crippen molar-refractivity contribution in [3.63, 3.8) is 0 Å². The van der Waals surface area contributed by atoms with E-state index in [9.17, 15) is 14.3 Å². The van der Waals surface area contributed by atoms with Gasteiger partial charge in [-0.3, -0.25) is 9.78 Å². The van der Waals surface area contributed by atoms with E-state index in [-0.39, 0.29) is 36.3 Å². The predicted molar refractivity (Wildman–Crippen MR) is 151 cm³/mol. The van der Waals surface area contributed by atoms with E-state index in [0.29, 0.717) is 18.7 Å². The zero-order chi connectivity index (χ0) is 28.0. The Morgan fingerprint density at radius 3 is 2.36 bits per heavy atom. The number of hydrogen-bond acceptors (Lipinski definition) is 6. The Hall–Kier alpha value is -3.45. The van der Waals surface area contributed by atoms with Gasteiger partial charge in [0.2, 0.25) is 0 Å². The third kappa shape index (κ3) is 7.57. The minimum atomic E-state index is -0.294. The molecular formula is C32H39FN2O4. The third-order valence-electron chi connectivity index (χ3n) is 7.21. The number of rotatable bonds is 10. The Morgan fingerprint density at radius 1 is 1.08 bits per heavy atom. The average Bonchev–Trinajstić information content (AvgIpc) is 2.90. The van der Waals surface area contributed by atoms with E-state index >= 15 is 0 Å². The van der Waals surface area contributed by atoms with Crippen LogP contribution in [0.2, 0.25) is 0 Å². The molecule has 208 valence electrons. The molecule has 1 aromatic heterocycles. The molecule has 39 heavy (non-hydrogen) atoms. The highest BCUT2D eigenvalue weighted by atomic mass is 19.1. The fourth-order valence-electron chi connectivity index (χ4n) is 4.94. The first-order chi connectivity index (χ1) is 18.6. The summed E-state index contributed by atoms with van der Waals surface area (Å²) in [6, 6.07) is 14.2. The van der Waals surface area contributed by atoms with Crippen molar-refractivity contribution >= 4 is 11.7 Å². The lowest BCUT2D eigenvalue weighted by Crippen LogP contribution is -2.38. The van der Waals surface area contributed by atoms with Gasteiger partial charge in [-0.15, -0.1) is 0 Å². The van der Waals surface area contributed by atoms with E-state index < -0.39 is 0 Å². The first kappa shape index (κ1) is 28.6. The molecule has 0 atom stereocenters. The zero-order valence-electron chi connectivity index (χ0n) is 23.4. The first-order valence-corrected chi connectivity index (χ1v) is 13.7. The van der Waals surface area contributed by atoms with Gasteiger partial charge in [-0.1, -0.05) is 38.1 Å². The van der Waals surface area contributed by atoms with Gasteiger partial charge in [0.05, 0.1) is 37.1 Å². The standard InChI is InChI=1S/C32H39FN2O4/c1-22(2)39-29(37)19-25-20-34-28(21-36)30(31(25)35-16-14-32(3,4)15-17-35)24-7-11-27(12-8-24)38-18-13-23-5-9-26(33)10-6-23/h5-12,20,22,36H,13-19,21H2,1-4H3. The van der Waals surface area contributed by atoms with Gasteiger partial charge < -0.3 is 19.5 Å². The van der Waals surface area contributed by atoms with Crippen molar-refractivity contribution in [2.75, 3.05) is 24.6 Å². The number of anilines is 1. The summed E-state index contributed by atoms with van der Waals surface area (Å²) < 4.78 is 24.5. The van der Waals surface area contributed by atoms with Gasteiger partial charge in [0.15, 0.2) is 0 Å². The molecular weight excluding hydrogens is 495 g/mol. The number of piperidine rings is 1. The van der Waals surface area contributed by atoms with Crippen LogP contribution in [0.15, 0.2) is 54.7 Å². The van der Waals surface area contributed by atoms with Crippen molar-refractivity contribution in [2.45, 2.75) is 66.1 Å². The zero-order valence-corrected chi connectivity index (χ0v) is 23.4. The van der Waals surface area contributed by atoms with Crippen LogP contribution >= 0.6 is 0 Å². The minimum absolute atomic E-state index is 0.115. The molecule has 0 radical (unpaired) electrons. The second-order valence-electron chi connectivity index (χ2n) is 11.2. The maximum absolute atomic E-state index is 13.1. The van der Waals surface area contributed by atoms with Crippen molar-refractivity contribution in [2.24, 2.45) is 5.41 Å². The van der Waals surface area contributed by atoms with Crippen LogP contribution in [-0.2, 0) is 29.0 Å². The highest BCUT2D eigenvalue weighted by molar-refractivity contribution is 5.86. The van der Waals surface area contributed by atoms with Crippen molar-refractivity contribution in [3.8, 4) is 16.9 Å². The molecule has 0 spiro atoms. The van der Waals surface area contributed by atoms with Crippen molar-refractivity contribution < 1.29 is 23.8 Å². The number of halogens is 1. The van der Waals surface area contributed by atoms with Gasteiger partial charge in [-0.2, -0.15) is 0 Å². The molecule has 2 heterocycles. The molecule has 6 nitrogen and oxygen atoms in total. The number of ether oxygens (including phenoxy) is 2. The second-order valence-corrected chi connectivity index (χ2v) is 11.2. The van der Waals surface area contributed by atoms with E-state index in [2.05, 4.69) is 23.7 Å². The number of hydrogen-bond donors (Lipinski definition) is 1. The van der Waals surface area contributed by atoms with Gasteiger partial charge >= 0.3 is 5.97 Å². The van der Waals surface area contributed by atoms with Gasteiger partial charge in [0, 0.05) is 36.8 Å². The summed E-state index contributed by atoms with van der Waals surface area (Å²) in [7, 11) is 0. The van der Waals surface area contributed by atoms with Crippen LogP contribution in [0.4, 0.5) is 10.1 Å². The van der Waals surface area contributed by atoms with Crippen LogP contribution < -0.4 is 9.64 Å². The summed E-state index contributed by atoms with van der Waals surface area (Å²) in [5.41, 5.74) is 5.31. The van der Waals surface area contributed by atoms with E-state index in [4.69, 9.17) is 9.47 Å². The van der Waals surface area contributed by atoms with Crippen molar-refractivity contribution in [1.82, 2.24) is 4.98 Å². The Labute approximate surface area is 230 Å². The number of aliphatic hydroxyl groups is 1. The fraction of sp³-hybridized carbons (Fsp3) is 0.438. The van der Waals surface area contributed by atoms with Crippen LogP contribution in [0.1, 0.15) is 57.4 Å². The largest absolute Gasteiger partial charge is 0.493 e. The maximum Gasteiger partial charge on any atom is 0.310 e. The van der Waals surface area contributed by atoms with Crippen molar-refractivity contribution in [1.29, 1.82) is 0 Å². The number of carbonyl (C=O) groups excluding carboxylic acids is 1. The fourth-order valence-corrected chi connectivity index (χ4v) is 4.94. The van der Waals surface area contributed by atoms with E-state index in [1.54, 1.807) is 18.3 Å². The molecule has 1 saturated heterocycles. The molecule has 3 aromatic rings. The normalized spacial score (nSPS) is 14.9. The molecule has 7 heteroatoms. The highest BCUT2D eigenvalue weighted by Gasteiger charge is 2.30. The number of pyridine rings is 1. The Bertz CT molecular complexity index is 1250. The van der Waals surface area contributed by atoms with Crippen molar-refractivity contribution in [3.05, 3.63) is 77.4 Å². The minimum Gasteiger partial charge on any atom is -0.493 e. The summed E-state index contributed by atoms with van der Waals surface area (Å²) in [6.45, 7) is 10.2. The van der Waals surface area contributed by atoms with Gasteiger partial charge in [0.1, 0.15) is 11.6 Å². The molecule has 1 N–H and O–H groups in total. The molecule has 0 bridgehead atoms. The molecule has 4 rings (SSSR count). The maximum atomic E-state index is 13.1. The lowest BCUT2D eigenvalue weighted by molar-refractivity contribution is -0.146. The van der Waals surface area contributed by atoms with Crippen LogP contribution in [0.5, 0.6) is 5.75 Å². The molecule has 0 unspecified atom stereocenters. The lowest BCUT2D eigenvalue weighted by atomic mass is 9.82. The number of nitrogens with zero attached hydrogens (tertiary/aromatic N) is 2. The summed E-state index contributed by atoms with van der Waals surface area (Å²) >= 11 is 0. The van der Waals surface area contributed by atoms with Crippen LogP contribution in [0.3, 0.4) is 0 Å². The molecule has 0 aliphatic carbocycles. The topological polar surface area (TPSA) is 71.9 Å². The quantitative estimate of drug-likeness (QED) is 0.316. The van der Waals surface area contributed by atoms with Crippen LogP contribution in [0.25, 0.3) is 11.1 Å². The predicted octanol–water partition coefficient (Wildman–Crippen LogP) is 6.12. The van der Waals surface area contributed by atoms with Crippen LogP contribution in [-0.4, -0.2) is 41.9 Å². The molecule has 1 fully saturated rings. The monoisotopic (exact) mass is 534 g/mol.